The second-order valence-corrected chi connectivity index (χ2v) is 3.25. The lowest BCUT2D eigenvalue weighted by atomic mass is 10.1. The number of thiol groups is 1. The normalized spacial score (nSPS) is 10.4. The third-order valence-corrected chi connectivity index (χ3v) is 1.91. The van der Waals surface area contributed by atoms with Crippen molar-refractivity contribution in [3.63, 3.8) is 0 Å². The minimum Gasteiger partial charge on any atom is -0.207 e. The molecule has 0 heterocycles. The zero-order chi connectivity index (χ0) is 10.4. The summed E-state index contributed by atoms with van der Waals surface area (Å²) in [6.45, 7) is 0. The van der Waals surface area contributed by atoms with Crippen LogP contribution in [0.5, 0.6) is 0 Å². The van der Waals surface area contributed by atoms with Crippen LogP contribution in [0.15, 0.2) is 24.3 Å². The second kappa shape index (κ2) is 5.46. The summed E-state index contributed by atoms with van der Waals surface area (Å²) in [5.41, 5.74) is 1.05. The number of benzene rings is 1. The Labute approximate surface area is 88.3 Å². The van der Waals surface area contributed by atoms with Crippen molar-refractivity contribution < 1.29 is 4.39 Å². The van der Waals surface area contributed by atoms with Gasteiger partial charge in [-0.1, -0.05) is 12.2 Å². The Balaban J connectivity index is 2.88. The van der Waals surface area contributed by atoms with Crippen molar-refractivity contribution in [2.75, 3.05) is 5.75 Å². The van der Waals surface area contributed by atoms with Crippen LogP contribution in [0, 0.1) is 17.1 Å². The van der Waals surface area contributed by atoms with Crippen molar-refractivity contribution in [1.29, 1.82) is 5.26 Å². The van der Waals surface area contributed by atoms with Crippen LogP contribution in [0.1, 0.15) is 17.5 Å². The summed E-state index contributed by atoms with van der Waals surface area (Å²) >= 11 is 4.05. The second-order valence-electron chi connectivity index (χ2n) is 2.80. The van der Waals surface area contributed by atoms with Crippen LogP contribution in [-0.2, 0) is 0 Å². The van der Waals surface area contributed by atoms with Crippen LogP contribution in [-0.4, -0.2) is 5.75 Å². The number of rotatable bonds is 3. The van der Waals surface area contributed by atoms with Crippen LogP contribution in [0.2, 0.25) is 0 Å². The van der Waals surface area contributed by atoms with E-state index in [0.29, 0.717) is 11.1 Å². The van der Waals surface area contributed by atoms with E-state index in [4.69, 9.17) is 5.26 Å². The molecule has 0 N–H and O–H groups in total. The molecule has 0 spiro atoms. The molecule has 0 aromatic heterocycles. The van der Waals surface area contributed by atoms with Crippen molar-refractivity contribution >= 4 is 18.7 Å². The lowest BCUT2D eigenvalue weighted by Crippen LogP contribution is -1.82. The molecule has 1 aromatic carbocycles. The summed E-state index contributed by atoms with van der Waals surface area (Å²) in [6, 6.07) is 6.18. The lowest BCUT2D eigenvalue weighted by Gasteiger charge is -1.95. The van der Waals surface area contributed by atoms with Gasteiger partial charge in [0.15, 0.2) is 0 Å². The number of nitrogens with zero attached hydrogens (tertiary/aromatic N) is 1. The number of allylic oxidation sites excluding steroid dienone is 1. The highest BCUT2D eigenvalue weighted by Gasteiger charge is 1.96. The first-order valence-electron chi connectivity index (χ1n) is 4.24. The van der Waals surface area contributed by atoms with Gasteiger partial charge in [0.25, 0.3) is 0 Å². The number of nitriles is 1. The summed E-state index contributed by atoms with van der Waals surface area (Å²) in [4.78, 5) is 0. The lowest BCUT2D eigenvalue weighted by molar-refractivity contribution is 0.627. The van der Waals surface area contributed by atoms with Crippen molar-refractivity contribution in [2.24, 2.45) is 0 Å². The molecule has 0 bridgehead atoms. The van der Waals surface area contributed by atoms with Gasteiger partial charge in [-0.25, -0.2) is 4.39 Å². The number of hydrogen-bond donors (Lipinski definition) is 1. The molecule has 0 fully saturated rings. The largest absolute Gasteiger partial charge is 0.207 e. The van der Waals surface area contributed by atoms with E-state index < -0.39 is 0 Å². The SMILES string of the molecule is N#Cc1cc(F)cc(C=CCCS)c1. The minimum absolute atomic E-state index is 0.343. The molecule has 14 heavy (non-hydrogen) atoms. The van der Waals surface area contributed by atoms with Gasteiger partial charge < -0.3 is 0 Å². The average Bonchev–Trinajstić information content (AvgIpc) is 2.17. The first-order chi connectivity index (χ1) is 6.76. The van der Waals surface area contributed by atoms with Crippen molar-refractivity contribution in [3.8, 4) is 6.07 Å². The Hall–Kier alpha value is -1.27. The zero-order valence-electron chi connectivity index (χ0n) is 7.57. The van der Waals surface area contributed by atoms with E-state index >= 15 is 0 Å². The first kappa shape index (κ1) is 10.8. The van der Waals surface area contributed by atoms with Crippen LogP contribution >= 0.6 is 12.6 Å². The molecule has 0 amide bonds. The van der Waals surface area contributed by atoms with Crippen LogP contribution < -0.4 is 0 Å². The smallest absolute Gasteiger partial charge is 0.125 e. The van der Waals surface area contributed by atoms with Crippen molar-refractivity contribution in [1.82, 2.24) is 0 Å². The van der Waals surface area contributed by atoms with Gasteiger partial charge in [-0.2, -0.15) is 17.9 Å². The van der Waals surface area contributed by atoms with Gasteiger partial charge in [0.1, 0.15) is 5.82 Å². The average molecular weight is 207 g/mol. The number of hydrogen-bond acceptors (Lipinski definition) is 2. The highest BCUT2D eigenvalue weighted by molar-refractivity contribution is 7.80. The van der Waals surface area contributed by atoms with E-state index in [1.54, 1.807) is 12.1 Å². The maximum Gasteiger partial charge on any atom is 0.125 e. The van der Waals surface area contributed by atoms with E-state index in [2.05, 4.69) is 12.6 Å². The molecule has 3 heteroatoms. The highest BCUT2D eigenvalue weighted by Crippen LogP contribution is 2.10. The molecular weight excluding hydrogens is 197 g/mol. The van der Waals surface area contributed by atoms with E-state index in [-0.39, 0.29) is 5.82 Å². The molecule has 0 aliphatic heterocycles. The van der Waals surface area contributed by atoms with Crippen LogP contribution in [0.3, 0.4) is 0 Å². The highest BCUT2D eigenvalue weighted by atomic mass is 32.1. The molecule has 0 saturated heterocycles. The monoisotopic (exact) mass is 207 g/mol. The summed E-state index contributed by atoms with van der Waals surface area (Å²) < 4.78 is 12.9. The topological polar surface area (TPSA) is 23.8 Å². The van der Waals surface area contributed by atoms with Crippen molar-refractivity contribution in [2.45, 2.75) is 6.42 Å². The molecule has 0 aliphatic rings. The zero-order valence-corrected chi connectivity index (χ0v) is 8.47. The molecule has 0 atom stereocenters. The summed E-state index contributed by atoms with van der Waals surface area (Å²) in [5, 5.41) is 8.61. The van der Waals surface area contributed by atoms with Crippen LogP contribution in [0.4, 0.5) is 4.39 Å². The van der Waals surface area contributed by atoms with Gasteiger partial charge in [-0.15, -0.1) is 0 Å². The minimum atomic E-state index is -0.380. The molecule has 0 radical (unpaired) electrons. The molecule has 0 saturated carbocycles. The summed E-state index contributed by atoms with van der Waals surface area (Å²) in [7, 11) is 0. The third kappa shape index (κ3) is 3.23. The van der Waals surface area contributed by atoms with Crippen molar-refractivity contribution in [3.05, 3.63) is 41.2 Å². The van der Waals surface area contributed by atoms with Crippen LogP contribution in [0.25, 0.3) is 6.08 Å². The standard InChI is InChI=1S/C11H10FNS/c12-11-6-9(3-1-2-4-14)5-10(7-11)8-13/h1,3,5-7,14H,2,4H2. The van der Waals surface area contributed by atoms with Gasteiger partial charge >= 0.3 is 0 Å². The van der Waals surface area contributed by atoms with E-state index in [0.717, 1.165) is 12.2 Å². The summed E-state index contributed by atoms with van der Waals surface area (Å²) in [6.07, 6.45) is 4.53. The van der Waals surface area contributed by atoms with Gasteiger partial charge in [-0.3, -0.25) is 0 Å². The fourth-order valence-corrected chi connectivity index (χ4v) is 1.22. The Morgan fingerprint density at radius 1 is 1.43 bits per heavy atom. The first-order valence-corrected chi connectivity index (χ1v) is 4.87. The Morgan fingerprint density at radius 2 is 2.21 bits per heavy atom. The maximum absolute atomic E-state index is 12.9. The molecular formula is C11H10FNS. The molecule has 1 rings (SSSR count). The Morgan fingerprint density at radius 3 is 2.86 bits per heavy atom. The van der Waals surface area contributed by atoms with E-state index in [1.165, 1.54) is 12.1 Å². The van der Waals surface area contributed by atoms with E-state index in [1.807, 2.05) is 12.1 Å². The molecule has 0 unspecified atom stereocenters. The van der Waals surface area contributed by atoms with Gasteiger partial charge in [0.2, 0.25) is 0 Å². The predicted molar refractivity (Wildman–Crippen MR) is 58.6 cm³/mol. The van der Waals surface area contributed by atoms with Gasteiger partial charge in [0, 0.05) is 0 Å². The van der Waals surface area contributed by atoms with Gasteiger partial charge in [0.05, 0.1) is 11.6 Å². The number of halogens is 1. The molecule has 1 nitrogen and oxygen atoms in total. The summed E-state index contributed by atoms with van der Waals surface area (Å²) in [5.74, 6) is 0.381. The fraction of sp³-hybridized carbons (Fsp3) is 0.182. The Bertz CT molecular complexity index is 379. The fourth-order valence-electron chi connectivity index (χ4n) is 1.07. The quantitative estimate of drug-likeness (QED) is 0.757. The van der Waals surface area contributed by atoms with Gasteiger partial charge in [-0.05, 0) is 35.9 Å². The molecule has 0 aliphatic carbocycles. The molecule has 1 aromatic rings. The maximum atomic E-state index is 12.9. The molecule has 72 valence electrons. The van der Waals surface area contributed by atoms with E-state index in [9.17, 15) is 4.39 Å². The third-order valence-electron chi connectivity index (χ3n) is 1.66. The predicted octanol–water partition coefficient (Wildman–Crippen LogP) is 3.03. The Kier molecular flexibility index (Phi) is 4.21.